The van der Waals surface area contributed by atoms with Crippen LogP contribution in [0.15, 0.2) is 52.3 Å². The van der Waals surface area contributed by atoms with Crippen molar-refractivity contribution in [3.63, 3.8) is 0 Å². The highest BCUT2D eigenvalue weighted by Crippen LogP contribution is 2.23. The van der Waals surface area contributed by atoms with Crippen LogP contribution in [-0.4, -0.2) is 23.6 Å². The van der Waals surface area contributed by atoms with Gasteiger partial charge in [-0.1, -0.05) is 0 Å². The largest absolute Gasteiger partial charge is 0.366 e. The van der Waals surface area contributed by atoms with Crippen LogP contribution in [0.4, 0.5) is 10.3 Å². The first-order valence-electron chi connectivity index (χ1n) is 5.87. The Morgan fingerprint density at radius 3 is 2.29 bits per heavy atom. The quantitative estimate of drug-likeness (QED) is 0.722. The summed E-state index contributed by atoms with van der Waals surface area (Å²) in [6, 6.07) is 8.86. The smallest absolute Gasteiger partial charge is 0.240 e. The third kappa shape index (κ3) is 2.40. The van der Waals surface area contributed by atoms with Gasteiger partial charge in [-0.15, -0.1) is 10.2 Å². The van der Waals surface area contributed by atoms with Gasteiger partial charge in [0, 0.05) is 0 Å². The Morgan fingerprint density at radius 1 is 0.905 bits per heavy atom. The molecule has 3 aromatic rings. The van der Waals surface area contributed by atoms with Gasteiger partial charge in [-0.2, -0.15) is 0 Å². The monoisotopic (exact) mass is 304 g/mol. The summed E-state index contributed by atoms with van der Waals surface area (Å²) in [5.41, 5.74) is 6.17. The molecule has 3 rings (SSSR count). The van der Waals surface area contributed by atoms with Gasteiger partial charge in [0.2, 0.25) is 15.8 Å². The van der Waals surface area contributed by atoms with E-state index < -0.39 is 15.7 Å². The van der Waals surface area contributed by atoms with Crippen LogP contribution in [0.3, 0.4) is 0 Å². The van der Waals surface area contributed by atoms with Crippen molar-refractivity contribution < 1.29 is 12.8 Å². The Hall–Kier alpha value is -2.61. The maximum absolute atomic E-state index is 12.9. The van der Waals surface area contributed by atoms with Gasteiger partial charge in [-0.25, -0.2) is 17.8 Å². The van der Waals surface area contributed by atoms with Gasteiger partial charge < -0.3 is 5.73 Å². The molecule has 0 aliphatic carbocycles. The molecule has 0 aliphatic rings. The Morgan fingerprint density at radius 2 is 1.57 bits per heavy atom. The number of sulfone groups is 1. The molecule has 0 fully saturated rings. The van der Waals surface area contributed by atoms with E-state index in [1.54, 1.807) is 0 Å². The highest BCUT2D eigenvalue weighted by molar-refractivity contribution is 7.91. The van der Waals surface area contributed by atoms with Crippen molar-refractivity contribution in [3.8, 4) is 0 Å². The van der Waals surface area contributed by atoms with E-state index in [0.717, 1.165) is 12.1 Å². The lowest BCUT2D eigenvalue weighted by Crippen LogP contribution is -2.03. The average molecular weight is 304 g/mol. The van der Waals surface area contributed by atoms with Gasteiger partial charge in [0.1, 0.15) is 11.3 Å². The summed E-state index contributed by atoms with van der Waals surface area (Å²) in [5.74, 6) is -0.491. The van der Waals surface area contributed by atoms with Gasteiger partial charge in [0.05, 0.1) is 15.3 Å². The topological polar surface area (TPSA) is 98.8 Å². The third-order valence-electron chi connectivity index (χ3n) is 2.88. The second-order valence-electron chi connectivity index (χ2n) is 4.28. The highest BCUT2D eigenvalue weighted by Gasteiger charge is 2.18. The number of rotatable bonds is 2. The standard InChI is InChI=1S/C13H9FN4O2S/c14-8-1-3-9(4-2-8)21(19,20)10-5-6-11-12(7-10)17-18-13(15)16-11/h1-7H,(H2,15,16,18). The Balaban J connectivity index is 2.14. The molecule has 0 radical (unpaired) electrons. The number of nitrogen functional groups attached to an aromatic ring is 1. The summed E-state index contributed by atoms with van der Waals surface area (Å²) in [5, 5.41) is 7.39. The van der Waals surface area contributed by atoms with E-state index in [1.807, 2.05) is 0 Å². The van der Waals surface area contributed by atoms with Gasteiger partial charge in [-0.05, 0) is 42.5 Å². The molecule has 1 heterocycles. The zero-order chi connectivity index (χ0) is 15.0. The predicted molar refractivity (Wildman–Crippen MR) is 73.6 cm³/mol. The fraction of sp³-hybridized carbons (Fsp3) is 0. The number of nitrogens with two attached hydrogens (primary N) is 1. The molecule has 2 aromatic carbocycles. The molecule has 6 nitrogen and oxygen atoms in total. The second kappa shape index (κ2) is 4.74. The van der Waals surface area contributed by atoms with Crippen molar-refractivity contribution >= 4 is 26.8 Å². The van der Waals surface area contributed by atoms with E-state index in [2.05, 4.69) is 15.2 Å². The molecule has 0 saturated carbocycles. The average Bonchev–Trinajstić information content (AvgIpc) is 2.47. The lowest BCUT2D eigenvalue weighted by molar-refractivity contribution is 0.595. The molecule has 106 valence electrons. The van der Waals surface area contributed by atoms with Crippen LogP contribution in [0.5, 0.6) is 0 Å². The van der Waals surface area contributed by atoms with Crippen LogP contribution in [0.1, 0.15) is 0 Å². The number of hydrogen-bond donors (Lipinski definition) is 1. The van der Waals surface area contributed by atoms with Crippen LogP contribution in [0.25, 0.3) is 11.0 Å². The molecule has 0 spiro atoms. The van der Waals surface area contributed by atoms with E-state index in [4.69, 9.17) is 5.73 Å². The number of halogens is 1. The van der Waals surface area contributed by atoms with Crippen LogP contribution in [0.2, 0.25) is 0 Å². The van der Waals surface area contributed by atoms with E-state index in [9.17, 15) is 12.8 Å². The van der Waals surface area contributed by atoms with Crippen LogP contribution >= 0.6 is 0 Å². The fourth-order valence-electron chi connectivity index (χ4n) is 1.85. The third-order valence-corrected chi connectivity index (χ3v) is 4.64. The molecule has 0 unspecified atom stereocenters. The van der Waals surface area contributed by atoms with Crippen LogP contribution < -0.4 is 5.73 Å². The van der Waals surface area contributed by atoms with Crippen LogP contribution in [-0.2, 0) is 9.84 Å². The molecule has 0 amide bonds. The van der Waals surface area contributed by atoms with E-state index >= 15 is 0 Å². The predicted octanol–water partition coefficient (Wildman–Crippen LogP) is 1.58. The molecule has 8 heteroatoms. The first-order valence-corrected chi connectivity index (χ1v) is 7.36. The molecule has 1 aromatic heterocycles. The zero-order valence-corrected chi connectivity index (χ0v) is 11.4. The number of aromatic nitrogens is 3. The molecule has 0 bridgehead atoms. The minimum atomic E-state index is -3.75. The molecule has 0 aliphatic heterocycles. The summed E-state index contributed by atoms with van der Waals surface area (Å²) in [6.07, 6.45) is 0. The van der Waals surface area contributed by atoms with E-state index in [1.165, 1.54) is 30.3 Å². The van der Waals surface area contributed by atoms with Crippen molar-refractivity contribution in [1.82, 2.24) is 15.2 Å². The molecule has 0 atom stereocenters. The maximum atomic E-state index is 12.9. The molecule has 21 heavy (non-hydrogen) atoms. The van der Waals surface area contributed by atoms with Crippen molar-refractivity contribution in [3.05, 3.63) is 48.3 Å². The molecule has 0 saturated heterocycles. The van der Waals surface area contributed by atoms with Crippen LogP contribution in [0, 0.1) is 5.82 Å². The van der Waals surface area contributed by atoms with E-state index in [-0.39, 0.29) is 15.7 Å². The number of anilines is 1. The number of benzene rings is 2. The fourth-order valence-corrected chi connectivity index (χ4v) is 3.13. The first kappa shape index (κ1) is 13.4. The second-order valence-corrected chi connectivity index (χ2v) is 6.23. The number of hydrogen-bond acceptors (Lipinski definition) is 6. The highest BCUT2D eigenvalue weighted by atomic mass is 32.2. The Bertz CT molecular complexity index is 927. The normalized spacial score (nSPS) is 11.7. The summed E-state index contributed by atoms with van der Waals surface area (Å²) >= 11 is 0. The Labute approximate surface area is 119 Å². The summed E-state index contributed by atoms with van der Waals surface area (Å²) < 4.78 is 37.8. The SMILES string of the molecule is Nc1nnc2cc(S(=O)(=O)c3ccc(F)cc3)ccc2n1. The van der Waals surface area contributed by atoms with Crippen molar-refractivity contribution in [2.24, 2.45) is 0 Å². The van der Waals surface area contributed by atoms with Crippen molar-refractivity contribution in [2.45, 2.75) is 9.79 Å². The number of nitrogens with zero attached hydrogens (tertiary/aromatic N) is 3. The number of fused-ring (bicyclic) bond motifs is 1. The minimum Gasteiger partial charge on any atom is -0.366 e. The summed E-state index contributed by atoms with van der Waals surface area (Å²) in [7, 11) is -3.75. The summed E-state index contributed by atoms with van der Waals surface area (Å²) in [4.78, 5) is 3.97. The lowest BCUT2D eigenvalue weighted by atomic mass is 10.3. The minimum absolute atomic E-state index is 0.000358. The summed E-state index contributed by atoms with van der Waals surface area (Å²) in [6.45, 7) is 0. The lowest BCUT2D eigenvalue weighted by Gasteiger charge is -2.05. The van der Waals surface area contributed by atoms with Crippen molar-refractivity contribution in [1.29, 1.82) is 0 Å². The molecular formula is C13H9FN4O2S. The van der Waals surface area contributed by atoms with E-state index in [0.29, 0.717) is 11.0 Å². The molecule has 2 N–H and O–H groups in total. The van der Waals surface area contributed by atoms with Gasteiger partial charge >= 0.3 is 0 Å². The first-order chi connectivity index (χ1) is 9.96. The van der Waals surface area contributed by atoms with Gasteiger partial charge in [0.25, 0.3) is 0 Å². The van der Waals surface area contributed by atoms with Crippen molar-refractivity contribution in [2.75, 3.05) is 5.73 Å². The zero-order valence-electron chi connectivity index (χ0n) is 10.6. The van der Waals surface area contributed by atoms with Gasteiger partial charge in [0.15, 0.2) is 0 Å². The molecular weight excluding hydrogens is 295 g/mol. The maximum Gasteiger partial charge on any atom is 0.240 e. The Kier molecular flexibility index (Phi) is 3.02. The van der Waals surface area contributed by atoms with Gasteiger partial charge in [-0.3, -0.25) is 0 Å².